The number of nitriles is 1. The molecule has 202 valence electrons. The van der Waals surface area contributed by atoms with Crippen LogP contribution in [0.2, 0.25) is 0 Å². The number of pyridine rings is 1. The zero-order valence-electron chi connectivity index (χ0n) is 22.6. The fourth-order valence-electron chi connectivity index (χ4n) is 4.49. The number of carbonyl (C=O) groups is 2. The van der Waals surface area contributed by atoms with Crippen molar-refractivity contribution in [1.82, 2.24) is 20.1 Å². The monoisotopic (exact) mass is 527 g/mol. The Morgan fingerprint density at radius 2 is 1.74 bits per heavy atom. The molecule has 2 atom stereocenters. The highest BCUT2D eigenvalue weighted by Crippen LogP contribution is 2.32. The van der Waals surface area contributed by atoms with Crippen LogP contribution in [0, 0.1) is 11.3 Å². The Hall–Kier alpha value is -4.42. The molecule has 2 aromatic carbocycles. The summed E-state index contributed by atoms with van der Waals surface area (Å²) in [6.07, 6.45) is 2.17. The number of carbonyl (C=O) groups excluding carboxylic acids is 2. The number of nitrogens with zero attached hydrogens (tertiary/aromatic N) is 4. The number of rotatable bonds is 8. The van der Waals surface area contributed by atoms with Gasteiger partial charge in [0.25, 0.3) is 5.91 Å². The molecular weight excluding hydrogens is 494 g/mol. The average Bonchev–Trinajstić information content (AvgIpc) is 3.38. The molecule has 39 heavy (non-hydrogen) atoms. The van der Waals surface area contributed by atoms with E-state index in [2.05, 4.69) is 21.3 Å². The first-order chi connectivity index (χ1) is 18.7. The standard InChI is InChI=1S/C30H33N5O4/c1-20(2)38-27-14-11-24(18-32-27)28(22-7-5-21(17-31)6-8-22)35-16-15-25(19-35)33-29(36)23-9-12-26(13-10-23)39-30(37)34(3)4/h5-14,18,20,25,28H,15-16,19H2,1-4H3,(H,33,36)/t25?,28-/m1/s1. The van der Waals surface area contributed by atoms with Crippen molar-refractivity contribution in [1.29, 1.82) is 5.26 Å². The summed E-state index contributed by atoms with van der Waals surface area (Å²) in [4.78, 5) is 32.9. The van der Waals surface area contributed by atoms with Gasteiger partial charge in [0.15, 0.2) is 0 Å². The van der Waals surface area contributed by atoms with Gasteiger partial charge in [0, 0.05) is 51.1 Å². The van der Waals surface area contributed by atoms with Crippen molar-refractivity contribution < 1.29 is 19.1 Å². The van der Waals surface area contributed by atoms with E-state index in [1.54, 1.807) is 38.4 Å². The van der Waals surface area contributed by atoms with Crippen LogP contribution in [0.1, 0.15) is 53.4 Å². The lowest BCUT2D eigenvalue weighted by Crippen LogP contribution is -2.38. The molecule has 2 heterocycles. The number of likely N-dealkylation sites (tertiary alicyclic amines) is 1. The average molecular weight is 528 g/mol. The predicted molar refractivity (Wildman–Crippen MR) is 147 cm³/mol. The summed E-state index contributed by atoms with van der Waals surface area (Å²) in [6, 6.07) is 20.0. The molecule has 1 saturated heterocycles. The van der Waals surface area contributed by atoms with Crippen molar-refractivity contribution >= 4 is 12.0 Å². The molecule has 1 fully saturated rings. The summed E-state index contributed by atoms with van der Waals surface area (Å²) in [6.45, 7) is 5.35. The Balaban J connectivity index is 1.46. The number of nitrogens with one attached hydrogen (secondary N) is 1. The maximum atomic E-state index is 13.0. The van der Waals surface area contributed by atoms with Crippen LogP contribution in [0.3, 0.4) is 0 Å². The zero-order valence-corrected chi connectivity index (χ0v) is 22.6. The summed E-state index contributed by atoms with van der Waals surface area (Å²) >= 11 is 0. The Labute approximate surface area is 229 Å². The Morgan fingerprint density at radius 3 is 2.33 bits per heavy atom. The number of hydrogen-bond acceptors (Lipinski definition) is 7. The molecule has 1 aromatic heterocycles. The highest BCUT2D eigenvalue weighted by atomic mass is 16.6. The number of amides is 2. The van der Waals surface area contributed by atoms with Crippen LogP contribution < -0.4 is 14.8 Å². The lowest BCUT2D eigenvalue weighted by molar-refractivity contribution is 0.0937. The SMILES string of the molecule is CC(C)Oc1ccc([C@@H](c2ccc(C#N)cc2)N2CCC(NC(=O)c3ccc(OC(=O)N(C)C)cc3)C2)cn1. The molecule has 1 N–H and O–H groups in total. The summed E-state index contributed by atoms with van der Waals surface area (Å²) in [7, 11) is 3.21. The van der Waals surface area contributed by atoms with Crippen molar-refractivity contribution in [3.05, 3.63) is 89.1 Å². The fraction of sp³-hybridized carbons (Fsp3) is 0.333. The minimum absolute atomic E-state index is 0.0323. The largest absolute Gasteiger partial charge is 0.475 e. The smallest absolute Gasteiger partial charge is 0.414 e. The topological polar surface area (TPSA) is 108 Å². The van der Waals surface area contributed by atoms with E-state index in [9.17, 15) is 14.9 Å². The number of benzene rings is 2. The van der Waals surface area contributed by atoms with Crippen molar-refractivity contribution in [2.24, 2.45) is 0 Å². The molecule has 9 heteroatoms. The third kappa shape index (κ3) is 7.12. The van der Waals surface area contributed by atoms with Crippen LogP contribution in [0.25, 0.3) is 0 Å². The minimum Gasteiger partial charge on any atom is -0.475 e. The van der Waals surface area contributed by atoms with E-state index in [1.807, 2.05) is 56.4 Å². The molecule has 0 aliphatic carbocycles. The van der Waals surface area contributed by atoms with Gasteiger partial charge in [-0.15, -0.1) is 0 Å². The van der Waals surface area contributed by atoms with Crippen LogP contribution in [-0.4, -0.2) is 66.1 Å². The summed E-state index contributed by atoms with van der Waals surface area (Å²) in [5, 5.41) is 12.4. The van der Waals surface area contributed by atoms with E-state index in [0.29, 0.717) is 29.3 Å². The van der Waals surface area contributed by atoms with E-state index in [1.165, 1.54) is 4.90 Å². The van der Waals surface area contributed by atoms with E-state index in [4.69, 9.17) is 9.47 Å². The zero-order chi connectivity index (χ0) is 27.9. The first-order valence-corrected chi connectivity index (χ1v) is 12.9. The third-order valence-corrected chi connectivity index (χ3v) is 6.39. The molecule has 4 rings (SSSR count). The van der Waals surface area contributed by atoms with Crippen molar-refractivity contribution in [3.63, 3.8) is 0 Å². The lowest BCUT2D eigenvalue weighted by atomic mass is 9.97. The van der Waals surface area contributed by atoms with Gasteiger partial charge in [-0.3, -0.25) is 9.69 Å². The summed E-state index contributed by atoms with van der Waals surface area (Å²) < 4.78 is 10.9. The maximum absolute atomic E-state index is 13.0. The Morgan fingerprint density at radius 1 is 1.05 bits per heavy atom. The number of aromatic nitrogens is 1. The summed E-state index contributed by atoms with van der Waals surface area (Å²) in [5.41, 5.74) is 3.14. The normalized spacial score (nSPS) is 15.8. The van der Waals surface area contributed by atoms with Crippen molar-refractivity contribution in [2.45, 2.75) is 38.5 Å². The van der Waals surface area contributed by atoms with Crippen LogP contribution in [0.5, 0.6) is 11.6 Å². The first kappa shape index (κ1) is 27.6. The van der Waals surface area contributed by atoms with Crippen LogP contribution in [0.15, 0.2) is 66.9 Å². The molecule has 1 aliphatic heterocycles. The van der Waals surface area contributed by atoms with Gasteiger partial charge in [-0.05, 0) is 67.8 Å². The summed E-state index contributed by atoms with van der Waals surface area (Å²) in [5.74, 6) is 0.765. The second kappa shape index (κ2) is 12.4. The van der Waals surface area contributed by atoms with Crippen molar-refractivity contribution in [2.75, 3.05) is 27.2 Å². The highest BCUT2D eigenvalue weighted by molar-refractivity contribution is 5.94. The minimum atomic E-state index is -0.479. The van der Waals surface area contributed by atoms with Gasteiger partial charge in [-0.2, -0.15) is 5.26 Å². The molecule has 0 radical (unpaired) electrons. The second-order valence-electron chi connectivity index (χ2n) is 9.97. The quantitative estimate of drug-likeness (QED) is 0.463. The van der Waals surface area contributed by atoms with Gasteiger partial charge in [-0.25, -0.2) is 9.78 Å². The molecule has 0 saturated carbocycles. The molecule has 0 bridgehead atoms. The maximum Gasteiger partial charge on any atom is 0.414 e. The van der Waals surface area contributed by atoms with E-state index >= 15 is 0 Å². The van der Waals surface area contributed by atoms with E-state index < -0.39 is 6.09 Å². The van der Waals surface area contributed by atoms with Crippen LogP contribution >= 0.6 is 0 Å². The van der Waals surface area contributed by atoms with Gasteiger partial charge in [-0.1, -0.05) is 18.2 Å². The Kier molecular flexibility index (Phi) is 8.79. The van der Waals surface area contributed by atoms with Gasteiger partial charge in [0.05, 0.1) is 23.8 Å². The molecule has 1 aliphatic rings. The van der Waals surface area contributed by atoms with Crippen LogP contribution in [-0.2, 0) is 0 Å². The lowest BCUT2D eigenvalue weighted by Gasteiger charge is -2.29. The van der Waals surface area contributed by atoms with Gasteiger partial charge < -0.3 is 19.7 Å². The number of ether oxygens (including phenoxy) is 2. The number of hydrogen-bond donors (Lipinski definition) is 1. The van der Waals surface area contributed by atoms with Crippen molar-refractivity contribution in [3.8, 4) is 17.7 Å². The first-order valence-electron chi connectivity index (χ1n) is 12.9. The fourth-order valence-corrected chi connectivity index (χ4v) is 4.49. The third-order valence-electron chi connectivity index (χ3n) is 6.39. The van der Waals surface area contributed by atoms with E-state index in [-0.39, 0.29) is 24.1 Å². The van der Waals surface area contributed by atoms with Gasteiger partial charge in [0.1, 0.15) is 5.75 Å². The molecule has 0 spiro atoms. The second-order valence-corrected chi connectivity index (χ2v) is 9.97. The highest BCUT2D eigenvalue weighted by Gasteiger charge is 2.31. The molecule has 2 amide bonds. The van der Waals surface area contributed by atoms with E-state index in [0.717, 1.165) is 24.1 Å². The molecule has 1 unspecified atom stereocenters. The molecule has 3 aromatic rings. The predicted octanol–water partition coefficient (Wildman–Crippen LogP) is 4.39. The van der Waals surface area contributed by atoms with Gasteiger partial charge >= 0.3 is 6.09 Å². The molecule has 9 nitrogen and oxygen atoms in total. The van der Waals surface area contributed by atoms with Crippen LogP contribution in [0.4, 0.5) is 4.79 Å². The molecular formula is C30H33N5O4. The Bertz CT molecular complexity index is 1320. The van der Waals surface area contributed by atoms with Gasteiger partial charge in [0.2, 0.25) is 5.88 Å².